The molecule has 1 aliphatic rings. The van der Waals surface area contributed by atoms with Gasteiger partial charge in [-0.3, -0.25) is 4.79 Å². The van der Waals surface area contributed by atoms with Crippen LogP contribution >= 0.6 is 0 Å². The van der Waals surface area contributed by atoms with E-state index in [9.17, 15) is 36.0 Å². The van der Waals surface area contributed by atoms with Gasteiger partial charge in [-0.2, -0.15) is 13.2 Å². The van der Waals surface area contributed by atoms with Crippen molar-refractivity contribution in [3.63, 3.8) is 0 Å². The molecule has 1 saturated heterocycles. The highest BCUT2D eigenvalue weighted by Crippen LogP contribution is 2.41. The number of amides is 2. The number of hydrogen-bond acceptors (Lipinski definition) is 11. The molecule has 2 heterocycles. The lowest BCUT2D eigenvalue weighted by molar-refractivity contribution is -0.200. The van der Waals surface area contributed by atoms with E-state index in [0.29, 0.717) is 28.4 Å². The molecule has 0 spiro atoms. The molecule has 2 atom stereocenters. The Morgan fingerprint density at radius 2 is 1.83 bits per heavy atom. The lowest BCUT2D eigenvalue weighted by atomic mass is 9.99. The maximum atomic E-state index is 15.9. The number of carbonyl (C=O) groups excluding carboxylic acids is 3. The maximum Gasteiger partial charge on any atom is 0.493 e. The number of alkyl halides is 3. The van der Waals surface area contributed by atoms with Gasteiger partial charge in [0.25, 0.3) is 0 Å². The second-order valence-corrected chi connectivity index (χ2v) is 14.3. The minimum atomic E-state index is -5.50. The van der Waals surface area contributed by atoms with Gasteiger partial charge in [-0.25, -0.2) is 27.4 Å². The Labute approximate surface area is 301 Å². The van der Waals surface area contributed by atoms with Crippen molar-refractivity contribution >= 4 is 55.8 Å². The fraction of sp³-hybridized carbons (Fsp3) is 0.314. The first kappa shape index (κ1) is 38.6. The summed E-state index contributed by atoms with van der Waals surface area (Å²) in [5.41, 5.74) is 6.20. The van der Waals surface area contributed by atoms with Crippen LogP contribution in [0.15, 0.2) is 65.7 Å². The van der Waals surface area contributed by atoms with Crippen LogP contribution in [0.5, 0.6) is 5.75 Å². The zero-order valence-electron chi connectivity index (χ0n) is 28.9. The zero-order valence-corrected chi connectivity index (χ0v) is 29.7. The monoisotopic (exact) mass is 761 g/mol. The summed E-state index contributed by atoms with van der Waals surface area (Å²) in [6, 6.07) is 9.86. The van der Waals surface area contributed by atoms with Crippen LogP contribution in [0, 0.1) is 12.7 Å². The molecule has 53 heavy (non-hydrogen) atoms. The normalized spacial score (nSPS) is 15.2. The van der Waals surface area contributed by atoms with Crippen molar-refractivity contribution in [1.82, 2.24) is 9.88 Å². The van der Waals surface area contributed by atoms with Crippen molar-refractivity contribution < 1.29 is 54.7 Å². The number of benzene rings is 3. The maximum absolute atomic E-state index is 15.9. The van der Waals surface area contributed by atoms with Gasteiger partial charge in [0.05, 0.1) is 36.6 Å². The third-order valence-electron chi connectivity index (χ3n) is 8.76. The van der Waals surface area contributed by atoms with Gasteiger partial charge < -0.3 is 30.3 Å². The van der Waals surface area contributed by atoms with E-state index in [0.717, 1.165) is 25.3 Å². The topological polar surface area (TPSA) is 170 Å². The average molecular weight is 762 g/mol. The summed E-state index contributed by atoms with van der Waals surface area (Å²) in [7, 11) is -1.84. The number of anilines is 3. The Balaban J connectivity index is 1.64. The van der Waals surface area contributed by atoms with Gasteiger partial charge in [-0.05, 0) is 90.9 Å². The number of carbonyl (C=O) groups is 3. The molecule has 1 aliphatic heterocycles. The highest BCUT2D eigenvalue weighted by atomic mass is 32.2. The Hall–Kier alpha value is -5.65. The van der Waals surface area contributed by atoms with Crippen LogP contribution in [0.1, 0.15) is 48.5 Å². The lowest BCUT2D eigenvalue weighted by Crippen LogP contribution is -2.39. The Kier molecular flexibility index (Phi) is 11.0. The number of pyridine rings is 1. The van der Waals surface area contributed by atoms with Gasteiger partial charge in [0, 0.05) is 29.4 Å². The fourth-order valence-corrected chi connectivity index (χ4v) is 7.27. The van der Waals surface area contributed by atoms with Crippen LogP contribution < -0.4 is 20.9 Å². The molecule has 3 N–H and O–H groups in total. The molecule has 2 amide bonds. The van der Waals surface area contributed by atoms with Crippen molar-refractivity contribution in [2.24, 2.45) is 0 Å². The van der Waals surface area contributed by atoms with E-state index >= 15 is 4.39 Å². The van der Waals surface area contributed by atoms with E-state index < -0.39 is 63.3 Å². The first-order chi connectivity index (χ1) is 25.0. The van der Waals surface area contributed by atoms with Crippen LogP contribution in [0.4, 0.5) is 39.5 Å². The molecule has 282 valence electrons. The van der Waals surface area contributed by atoms with Crippen LogP contribution in [0.25, 0.3) is 10.8 Å². The molecule has 3 aromatic carbocycles. The minimum Gasteiger partial charge on any atom is -0.496 e. The first-order valence-corrected chi connectivity index (χ1v) is 17.7. The molecule has 0 bridgehead atoms. The summed E-state index contributed by atoms with van der Waals surface area (Å²) in [5, 5.41) is 4.35. The third-order valence-corrected chi connectivity index (χ3v) is 10.6. The average Bonchev–Trinajstić information content (AvgIpc) is 3.62. The van der Waals surface area contributed by atoms with Crippen molar-refractivity contribution in [2.75, 3.05) is 42.6 Å². The van der Waals surface area contributed by atoms with Crippen LogP contribution in [0.2, 0.25) is 0 Å². The van der Waals surface area contributed by atoms with E-state index in [1.165, 1.54) is 37.3 Å². The summed E-state index contributed by atoms with van der Waals surface area (Å²) >= 11 is 0. The fourth-order valence-electron chi connectivity index (χ4n) is 6.13. The van der Waals surface area contributed by atoms with Crippen molar-refractivity contribution in [3.8, 4) is 5.75 Å². The minimum absolute atomic E-state index is 0.0613. The number of aryl methyl sites for hydroxylation is 1. The predicted octanol–water partition coefficient (Wildman–Crippen LogP) is 6.18. The number of sulfone groups is 1. The molecular weight excluding hydrogens is 726 g/mol. The Bertz CT molecular complexity index is 2180. The molecular formula is C35H35F4N5O8S. The number of methoxy groups -OCH3 is 2. The van der Waals surface area contributed by atoms with Gasteiger partial charge in [0.1, 0.15) is 23.4 Å². The number of nitrogens with two attached hydrogens (primary N) is 1. The molecule has 13 nitrogen and oxygen atoms in total. The number of hydroxylamine groups is 1. The van der Waals surface area contributed by atoms with E-state index in [4.69, 9.17) is 10.5 Å². The quantitative estimate of drug-likeness (QED) is 0.148. The highest BCUT2D eigenvalue weighted by Gasteiger charge is 2.44. The van der Waals surface area contributed by atoms with Crippen molar-refractivity contribution in [2.45, 2.75) is 49.8 Å². The molecule has 0 saturated carbocycles. The van der Waals surface area contributed by atoms with E-state index in [1.807, 2.05) is 0 Å². The van der Waals surface area contributed by atoms with Gasteiger partial charge >= 0.3 is 18.2 Å². The molecule has 1 aromatic heterocycles. The summed E-state index contributed by atoms with van der Waals surface area (Å²) < 4.78 is 92.1. The number of hydrogen-bond donors (Lipinski definition) is 2. The van der Waals surface area contributed by atoms with Gasteiger partial charge in [0.2, 0.25) is 5.91 Å². The van der Waals surface area contributed by atoms with Crippen LogP contribution in [0.3, 0.4) is 0 Å². The SMILES string of the molecule is CCS(=O)(=O)c1ccc(N(OC(=O)C(F)(F)F)C(=O)OC)cc1[C@H]1CCCN1C(=O)[C@@H](Nc1ccc2c(N)nccc2c1)c1cc(OC)c(C)cc1F. The smallest absolute Gasteiger partial charge is 0.493 e. The number of likely N-dealkylation sites (tertiary alicyclic amines) is 1. The molecule has 0 unspecified atom stereocenters. The number of halogens is 4. The summed E-state index contributed by atoms with van der Waals surface area (Å²) in [6.07, 6.45) is -5.02. The number of fused-ring (bicyclic) bond motifs is 1. The highest BCUT2D eigenvalue weighted by molar-refractivity contribution is 7.91. The molecule has 4 aromatic rings. The molecule has 18 heteroatoms. The summed E-state index contributed by atoms with van der Waals surface area (Å²) in [4.78, 5) is 48.5. The summed E-state index contributed by atoms with van der Waals surface area (Å²) in [6.45, 7) is 3.06. The predicted molar refractivity (Wildman–Crippen MR) is 185 cm³/mol. The van der Waals surface area contributed by atoms with Crippen molar-refractivity contribution in [1.29, 1.82) is 0 Å². The second-order valence-electron chi connectivity index (χ2n) is 12.0. The zero-order chi connectivity index (χ0) is 38.8. The van der Waals surface area contributed by atoms with Crippen molar-refractivity contribution in [3.05, 3.63) is 83.3 Å². The Morgan fingerprint density at radius 1 is 1.09 bits per heavy atom. The number of nitrogens with zero attached hydrogens (tertiary/aromatic N) is 3. The van der Waals surface area contributed by atoms with Gasteiger partial charge in [-0.1, -0.05) is 6.92 Å². The number of nitrogen functional groups attached to an aromatic ring is 1. The van der Waals surface area contributed by atoms with Gasteiger partial charge in [-0.15, -0.1) is 5.06 Å². The van der Waals surface area contributed by atoms with Crippen LogP contribution in [-0.4, -0.2) is 69.0 Å². The summed E-state index contributed by atoms with van der Waals surface area (Å²) in [5.74, 6) is -4.01. The van der Waals surface area contributed by atoms with E-state index in [1.54, 1.807) is 31.2 Å². The van der Waals surface area contributed by atoms with E-state index in [2.05, 4.69) is 19.9 Å². The number of aromatic nitrogens is 1. The largest absolute Gasteiger partial charge is 0.496 e. The number of rotatable bonds is 9. The van der Waals surface area contributed by atoms with Crippen LogP contribution in [-0.2, 0) is 29.0 Å². The molecule has 5 rings (SSSR count). The standard InChI is InChI=1S/C35H35F4N5O8S/c1-5-53(48,49)29-11-9-22(44(34(47)51-4)52-33(46)35(37,38)39)17-25(29)27-7-6-14-43(27)32(45)30(24-18-28(50-3)19(2)15-26(24)36)42-21-8-10-23-20(16-21)12-13-41-31(23)40/h8-13,15-18,27,30,42H,5-7,14H2,1-4H3,(H2,40,41)/t27-,30+/m1/s1. The van der Waals surface area contributed by atoms with E-state index in [-0.39, 0.29) is 45.6 Å². The second kappa shape index (κ2) is 15.1. The number of nitrogens with one attached hydrogen (secondary N) is 1. The number of ether oxygens (including phenoxy) is 2. The molecule has 0 radical (unpaired) electrons. The third kappa shape index (κ3) is 7.91. The van der Waals surface area contributed by atoms with Gasteiger partial charge in [0.15, 0.2) is 9.84 Å². The molecule has 1 fully saturated rings. The first-order valence-electron chi connectivity index (χ1n) is 16.1. The molecule has 0 aliphatic carbocycles. The lowest BCUT2D eigenvalue weighted by Gasteiger charge is -2.32. The Morgan fingerprint density at radius 3 is 2.49 bits per heavy atom.